The monoisotopic (exact) mass is 511 g/mol. The summed E-state index contributed by atoms with van der Waals surface area (Å²) in [7, 11) is 1.53. The summed E-state index contributed by atoms with van der Waals surface area (Å²) in [6, 6.07) is 1.45. The highest BCUT2D eigenvalue weighted by Gasteiger charge is 2.32. The first-order valence-electron chi connectivity index (χ1n) is 11.1. The Kier molecular flexibility index (Phi) is 8.11. The van der Waals surface area contributed by atoms with Gasteiger partial charge in [0.1, 0.15) is 5.69 Å². The smallest absolute Gasteiger partial charge is 0.272 e. The second-order valence-corrected chi connectivity index (χ2v) is 9.51. The highest BCUT2D eigenvalue weighted by molar-refractivity contribution is 6.33. The lowest BCUT2D eigenvalue weighted by molar-refractivity contribution is -0.121. The molecule has 1 aliphatic rings. The van der Waals surface area contributed by atoms with Gasteiger partial charge in [-0.15, -0.1) is 0 Å². The number of ether oxygens (including phenoxy) is 1. The number of nitrogens with two attached hydrogens (primary N) is 1. The molecule has 0 spiro atoms. The maximum absolute atomic E-state index is 13.5. The summed E-state index contributed by atoms with van der Waals surface area (Å²) in [5.74, 6) is -4.30. The molecule has 3 amide bonds. The summed E-state index contributed by atoms with van der Waals surface area (Å²) in [4.78, 5) is 41.6. The van der Waals surface area contributed by atoms with E-state index in [4.69, 9.17) is 22.1 Å². The average Bonchev–Trinajstić information content (AvgIpc) is 3.27. The predicted molar refractivity (Wildman–Crippen MR) is 125 cm³/mol. The molecule has 4 N–H and O–H groups in total. The van der Waals surface area contributed by atoms with Gasteiger partial charge < -0.3 is 25.7 Å². The van der Waals surface area contributed by atoms with Gasteiger partial charge in [-0.2, -0.15) is 0 Å². The number of methoxy groups -OCH3 is 1. The molecule has 0 radical (unpaired) electrons. The van der Waals surface area contributed by atoms with Crippen molar-refractivity contribution in [2.75, 3.05) is 19.0 Å². The normalized spacial score (nSPS) is 18.2. The third kappa shape index (κ3) is 6.15. The molecule has 190 valence electrons. The number of nitrogens with one attached hydrogen (secondary N) is 2. The van der Waals surface area contributed by atoms with Crippen molar-refractivity contribution in [3.05, 3.63) is 46.5 Å². The van der Waals surface area contributed by atoms with Crippen LogP contribution in [-0.4, -0.2) is 46.5 Å². The second kappa shape index (κ2) is 10.7. The summed E-state index contributed by atoms with van der Waals surface area (Å²) < 4.78 is 33.6. The molecule has 0 atom stereocenters. The topological polar surface area (TPSA) is 128 Å². The van der Waals surface area contributed by atoms with E-state index in [-0.39, 0.29) is 40.6 Å². The zero-order valence-electron chi connectivity index (χ0n) is 19.7. The van der Waals surface area contributed by atoms with Gasteiger partial charge in [0.05, 0.1) is 22.6 Å². The number of carbonyl (C=O) groups is 3. The highest BCUT2D eigenvalue weighted by Crippen LogP contribution is 2.35. The van der Waals surface area contributed by atoms with Crippen LogP contribution in [0.5, 0.6) is 0 Å². The Labute approximate surface area is 206 Å². The van der Waals surface area contributed by atoms with Gasteiger partial charge in [-0.05, 0) is 45.6 Å². The Morgan fingerprint density at radius 1 is 1.20 bits per heavy atom. The number of nitrogens with zero attached hydrogens (tertiary/aromatic N) is 2. The minimum absolute atomic E-state index is 0.000747. The van der Waals surface area contributed by atoms with E-state index in [0.29, 0.717) is 25.7 Å². The van der Waals surface area contributed by atoms with E-state index in [1.807, 2.05) is 0 Å². The van der Waals surface area contributed by atoms with E-state index in [1.54, 1.807) is 18.4 Å². The molecule has 12 heteroatoms. The van der Waals surface area contributed by atoms with E-state index >= 15 is 0 Å². The summed E-state index contributed by atoms with van der Waals surface area (Å²) in [5, 5.41) is 5.14. The van der Waals surface area contributed by atoms with Crippen LogP contribution >= 0.6 is 11.6 Å². The molecule has 2 aromatic rings. The van der Waals surface area contributed by atoms with Crippen molar-refractivity contribution >= 4 is 35.0 Å². The molecule has 3 rings (SSSR count). The minimum atomic E-state index is -1.11. The first kappa shape index (κ1) is 26.6. The molecule has 1 fully saturated rings. The number of hydrogen-bond donors (Lipinski definition) is 3. The maximum atomic E-state index is 13.5. The molecule has 0 saturated heterocycles. The Morgan fingerprint density at radius 2 is 1.83 bits per heavy atom. The number of rotatable bonds is 8. The van der Waals surface area contributed by atoms with Crippen LogP contribution in [0.1, 0.15) is 66.5 Å². The third-order valence-corrected chi connectivity index (χ3v) is 6.51. The van der Waals surface area contributed by atoms with Crippen LogP contribution in [0.25, 0.3) is 0 Å². The lowest BCUT2D eigenvalue weighted by Gasteiger charge is -2.29. The van der Waals surface area contributed by atoms with E-state index in [1.165, 1.54) is 13.4 Å². The number of primary amides is 1. The lowest BCUT2D eigenvalue weighted by Crippen LogP contribution is -2.40. The zero-order valence-corrected chi connectivity index (χ0v) is 20.4. The van der Waals surface area contributed by atoms with E-state index in [2.05, 4.69) is 15.6 Å². The molecule has 0 aliphatic heterocycles. The van der Waals surface area contributed by atoms with Gasteiger partial charge in [-0.25, -0.2) is 13.8 Å². The summed E-state index contributed by atoms with van der Waals surface area (Å²) in [5.41, 5.74) is 4.89. The molecule has 1 aromatic carbocycles. The lowest BCUT2D eigenvalue weighted by atomic mass is 9.85. The number of imidazole rings is 1. The first-order valence-corrected chi connectivity index (χ1v) is 11.5. The van der Waals surface area contributed by atoms with E-state index < -0.39 is 35.0 Å². The molecule has 1 heterocycles. The summed E-state index contributed by atoms with van der Waals surface area (Å²) >= 11 is 5.90. The van der Waals surface area contributed by atoms with Gasteiger partial charge in [-0.1, -0.05) is 11.6 Å². The van der Waals surface area contributed by atoms with E-state index in [0.717, 1.165) is 12.1 Å². The number of amides is 3. The minimum Gasteiger partial charge on any atom is -0.377 e. The molecule has 1 aromatic heterocycles. The Hall–Kier alpha value is -3.05. The van der Waals surface area contributed by atoms with Crippen molar-refractivity contribution in [1.29, 1.82) is 0 Å². The highest BCUT2D eigenvalue weighted by atomic mass is 35.5. The Morgan fingerprint density at radius 3 is 2.43 bits per heavy atom. The van der Waals surface area contributed by atoms with Gasteiger partial charge in [-0.3, -0.25) is 14.4 Å². The van der Waals surface area contributed by atoms with Gasteiger partial charge in [0.25, 0.3) is 11.8 Å². The predicted octanol–water partition coefficient (Wildman–Crippen LogP) is 3.44. The van der Waals surface area contributed by atoms with Crippen LogP contribution in [0.15, 0.2) is 18.5 Å². The van der Waals surface area contributed by atoms with Crippen LogP contribution in [0, 0.1) is 17.6 Å². The molecule has 1 saturated carbocycles. The van der Waals surface area contributed by atoms with Gasteiger partial charge in [0.15, 0.2) is 17.3 Å². The fourth-order valence-electron chi connectivity index (χ4n) is 3.97. The molecule has 0 bridgehead atoms. The zero-order chi connectivity index (χ0) is 25.9. The van der Waals surface area contributed by atoms with Crippen molar-refractivity contribution < 1.29 is 27.9 Å². The van der Waals surface area contributed by atoms with Crippen molar-refractivity contribution in [3.63, 3.8) is 0 Å². The van der Waals surface area contributed by atoms with Crippen LogP contribution in [0.3, 0.4) is 0 Å². The average molecular weight is 512 g/mol. The quantitative estimate of drug-likeness (QED) is 0.468. The number of benzene rings is 1. The SMILES string of the molecule is COC(C)(C)CNC(=O)c1ncn(C2CCC(C(=O)Nc3cc(F)c(F)cc3Cl)CC2)c1C(N)=O. The van der Waals surface area contributed by atoms with Crippen LogP contribution in [-0.2, 0) is 9.53 Å². The first-order chi connectivity index (χ1) is 16.4. The Bertz CT molecular complexity index is 1130. The molecule has 35 heavy (non-hydrogen) atoms. The van der Waals surface area contributed by atoms with E-state index in [9.17, 15) is 23.2 Å². The number of aromatic nitrogens is 2. The van der Waals surface area contributed by atoms with Crippen LogP contribution < -0.4 is 16.4 Å². The van der Waals surface area contributed by atoms with Crippen LogP contribution in [0.2, 0.25) is 5.02 Å². The largest absolute Gasteiger partial charge is 0.377 e. The van der Waals surface area contributed by atoms with Crippen molar-refractivity contribution in [1.82, 2.24) is 14.9 Å². The van der Waals surface area contributed by atoms with Gasteiger partial charge in [0, 0.05) is 31.7 Å². The van der Waals surface area contributed by atoms with Crippen molar-refractivity contribution in [2.24, 2.45) is 11.7 Å². The number of carbonyl (C=O) groups excluding carboxylic acids is 3. The molecule has 1 aliphatic carbocycles. The fourth-order valence-corrected chi connectivity index (χ4v) is 4.16. The van der Waals surface area contributed by atoms with Crippen LogP contribution in [0.4, 0.5) is 14.5 Å². The maximum Gasteiger partial charge on any atom is 0.272 e. The summed E-state index contributed by atoms with van der Waals surface area (Å²) in [6.07, 6.45) is 3.34. The molecule has 9 nitrogen and oxygen atoms in total. The fraction of sp³-hybridized carbons (Fsp3) is 0.478. The van der Waals surface area contributed by atoms with Crippen molar-refractivity contribution in [3.8, 4) is 0 Å². The second-order valence-electron chi connectivity index (χ2n) is 9.10. The standard InChI is InChI=1S/C23H28ClF2N5O4/c1-23(2,35-3)10-28-22(34)18-19(20(27)32)31(11-29-18)13-6-4-12(5-7-13)21(33)30-17-9-16(26)15(25)8-14(17)24/h8-9,11-13H,4-7,10H2,1-3H3,(H2,27,32)(H,28,34)(H,30,33). The molecular formula is C23H28ClF2N5O4. The van der Waals surface area contributed by atoms with Crippen molar-refractivity contribution in [2.45, 2.75) is 51.2 Å². The number of hydrogen-bond acceptors (Lipinski definition) is 5. The van der Waals surface area contributed by atoms with Gasteiger partial charge in [0.2, 0.25) is 5.91 Å². The third-order valence-electron chi connectivity index (χ3n) is 6.20. The number of halogens is 3. The Balaban J connectivity index is 1.67. The summed E-state index contributed by atoms with van der Waals surface area (Å²) in [6.45, 7) is 3.81. The van der Waals surface area contributed by atoms with Gasteiger partial charge >= 0.3 is 0 Å². The molecular weight excluding hydrogens is 484 g/mol. The molecule has 0 unspecified atom stereocenters. The number of anilines is 1.